The lowest BCUT2D eigenvalue weighted by Gasteiger charge is -2.28. The van der Waals surface area contributed by atoms with E-state index in [4.69, 9.17) is 0 Å². The molecule has 0 bridgehead atoms. The van der Waals surface area contributed by atoms with Crippen molar-refractivity contribution in [2.24, 2.45) is 4.99 Å². The van der Waals surface area contributed by atoms with Gasteiger partial charge in [0.2, 0.25) is 5.91 Å². The lowest BCUT2D eigenvalue weighted by atomic mass is 9.84. The van der Waals surface area contributed by atoms with Crippen molar-refractivity contribution in [3.05, 3.63) is 35.4 Å². The number of amides is 1. The van der Waals surface area contributed by atoms with Crippen LogP contribution in [0.3, 0.4) is 0 Å². The van der Waals surface area contributed by atoms with Gasteiger partial charge in [-0.3, -0.25) is 9.79 Å². The molecule has 1 saturated heterocycles. The first-order valence-corrected chi connectivity index (χ1v) is 9.49. The van der Waals surface area contributed by atoms with E-state index in [-0.39, 0.29) is 35.9 Å². The number of nitrogens with zero attached hydrogens (tertiary/aromatic N) is 2. The summed E-state index contributed by atoms with van der Waals surface area (Å²) in [5.41, 5.74) is -0.572. The van der Waals surface area contributed by atoms with Crippen LogP contribution in [-0.2, 0) is 16.4 Å². The van der Waals surface area contributed by atoms with Crippen LogP contribution in [0.15, 0.2) is 29.3 Å². The maximum Gasteiger partial charge on any atom is 0.416 e. The van der Waals surface area contributed by atoms with Crippen molar-refractivity contribution < 1.29 is 18.0 Å². The van der Waals surface area contributed by atoms with Gasteiger partial charge in [0, 0.05) is 44.6 Å². The first kappa shape index (κ1) is 25.5. The summed E-state index contributed by atoms with van der Waals surface area (Å²) < 4.78 is 39.0. The predicted molar refractivity (Wildman–Crippen MR) is 120 cm³/mol. The maximum absolute atomic E-state index is 13.0. The number of benzene rings is 1. The summed E-state index contributed by atoms with van der Waals surface area (Å²) >= 11 is 0. The Morgan fingerprint density at radius 1 is 1.28 bits per heavy atom. The fourth-order valence-corrected chi connectivity index (χ4v) is 3.24. The zero-order valence-electron chi connectivity index (χ0n) is 17.3. The molecule has 1 heterocycles. The van der Waals surface area contributed by atoms with Gasteiger partial charge >= 0.3 is 6.18 Å². The maximum atomic E-state index is 13.0. The van der Waals surface area contributed by atoms with Crippen LogP contribution in [0.4, 0.5) is 13.2 Å². The van der Waals surface area contributed by atoms with Gasteiger partial charge in [0.1, 0.15) is 0 Å². The summed E-state index contributed by atoms with van der Waals surface area (Å²) in [5.74, 6) is 0.716. The summed E-state index contributed by atoms with van der Waals surface area (Å²) in [6, 6.07) is 5.53. The van der Waals surface area contributed by atoms with Gasteiger partial charge in [-0.15, -0.1) is 24.0 Å². The molecular weight excluding hydrogens is 496 g/mol. The molecular formula is C20H30F3IN4O. The largest absolute Gasteiger partial charge is 0.416 e. The Labute approximate surface area is 187 Å². The summed E-state index contributed by atoms with van der Waals surface area (Å²) in [6.07, 6.45) is -3.03. The van der Waals surface area contributed by atoms with Gasteiger partial charge in [0.05, 0.1) is 5.56 Å². The fourth-order valence-electron chi connectivity index (χ4n) is 3.24. The number of hydrogen-bond donors (Lipinski definition) is 2. The predicted octanol–water partition coefficient (Wildman–Crippen LogP) is 3.78. The Morgan fingerprint density at radius 3 is 2.52 bits per heavy atom. The van der Waals surface area contributed by atoms with Crippen LogP contribution >= 0.6 is 24.0 Å². The minimum absolute atomic E-state index is 0. The zero-order chi connectivity index (χ0) is 20.9. The van der Waals surface area contributed by atoms with Gasteiger partial charge in [-0.05, 0) is 18.1 Å². The molecule has 29 heavy (non-hydrogen) atoms. The van der Waals surface area contributed by atoms with E-state index >= 15 is 0 Å². The number of nitrogens with one attached hydrogen (secondary N) is 2. The molecule has 1 aromatic rings. The van der Waals surface area contributed by atoms with Crippen molar-refractivity contribution in [2.75, 3.05) is 26.7 Å². The summed E-state index contributed by atoms with van der Waals surface area (Å²) in [6.45, 7) is 7.39. The molecule has 9 heteroatoms. The number of likely N-dealkylation sites (tertiary alicyclic amines) is 1. The zero-order valence-corrected chi connectivity index (χ0v) is 19.6. The highest BCUT2D eigenvalue weighted by molar-refractivity contribution is 14.0. The van der Waals surface area contributed by atoms with E-state index in [9.17, 15) is 18.0 Å². The molecule has 1 aliphatic rings. The van der Waals surface area contributed by atoms with Crippen molar-refractivity contribution in [3.8, 4) is 0 Å². The molecule has 0 radical (unpaired) electrons. The van der Waals surface area contributed by atoms with E-state index in [2.05, 4.69) is 15.6 Å². The van der Waals surface area contributed by atoms with Crippen molar-refractivity contribution in [2.45, 2.75) is 51.2 Å². The molecule has 1 atom stereocenters. The lowest BCUT2D eigenvalue weighted by molar-refractivity contribution is -0.137. The van der Waals surface area contributed by atoms with Crippen LogP contribution in [0.5, 0.6) is 0 Å². The molecule has 2 rings (SSSR count). The average molecular weight is 526 g/mol. The highest BCUT2D eigenvalue weighted by Gasteiger charge is 2.32. The van der Waals surface area contributed by atoms with Gasteiger partial charge in [-0.1, -0.05) is 39.0 Å². The molecule has 0 aliphatic carbocycles. The van der Waals surface area contributed by atoms with Gasteiger partial charge < -0.3 is 15.5 Å². The molecule has 0 aromatic heterocycles. The van der Waals surface area contributed by atoms with Crippen LogP contribution in [0.25, 0.3) is 0 Å². The molecule has 5 nitrogen and oxygen atoms in total. The van der Waals surface area contributed by atoms with Crippen LogP contribution in [-0.4, -0.2) is 49.5 Å². The first-order valence-electron chi connectivity index (χ1n) is 9.49. The van der Waals surface area contributed by atoms with Crippen LogP contribution in [0.2, 0.25) is 0 Å². The van der Waals surface area contributed by atoms with Gasteiger partial charge in [0.15, 0.2) is 5.96 Å². The molecule has 1 aromatic carbocycles. The van der Waals surface area contributed by atoms with E-state index in [1.54, 1.807) is 13.1 Å². The molecule has 1 amide bonds. The standard InChI is InChI=1S/C20H29F3N4O.HI/c1-5-17(28)27-10-9-16(12-27)26-18(24-4)25-13-19(2,3)14-7-6-8-15(11-14)20(21,22)23;/h6-8,11,16H,5,9-10,12-13H2,1-4H3,(H2,24,25,26);1H. The van der Waals surface area contributed by atoms with Crippen molar-refractivity contribution >= 4 is 35.8 Å². The quantitative estimate of drug-likeness (QED) is 0.349. The number of alkyl halides is 3. The van der Waals surface area contributed by atoms with E-state index in [1.165, 1.54) is 12.1 Å². The minimum Gasteiger partial charge on any atom is -0.356 e. The minimum atomic E-state index is -4.36. The second kappa shape index (κ2) is 10.5. The number of guanidine groups is 1. The SMILES string of the molecule is CCC(=O)N1CCC(NC(=NC)NCC(C)(C)c2cccc(C(F)(F)F)c2)C1.I. The summed E-state index contributed by atoms with van der Waals surface area (Å²) in [4.78, 5) is 17.8. The monoisotopic (exact) mass is 526 g/mol. The lowest BCUT2D eigenvalue weighted by Crippen LogP contribution is -2.48. The molecule has 2 N–H and O–H groups in total. The van der Waals surface area contributed by atoms with E-state index < -0.39 is 17.2 Å². The molecule has 1 fully saturated rings. The van der Waals surface area contributed by atoms with Gasteiger partial charge in [-0.25, -0.2) is 0 Å². The van der Waals surface area contributed by atoms with Gasteiger partial charge in [0.25, 0.3) is 0 Å². The summed E-state index contributed by atoms with van der Waals surface area (Å²) in [7, 11) is 1.65. The molecule has 0 saturated carbocycles. The van der Waals surface area contributed by atoms with Crippen molar-refractivity contribution in [1.82, 2.24) is 15.5 Å². The molecule has 164 valence electrons. The Morgan fingerprint density at radius 2 is 1.93 bits per heavy atom. The van der Waals surface area contributed by atoms with Crippen LogP contribution < -0.4 is 10.6 Å². The normalized spacial score (nSPS) is 17.7. The highest BCUT2D eigenvalue weighted by atomic mass is 127. The summed E-state index contributed by atoms with van der Waals surface area (Å²) in [5, 5.41) is 6.50. The van der Waals surface area contributed by atoms with E-state index in [0.29, 0.717) is 31.0 Å². The number of aliphatic imine (C=N–C) groups is 1. The third-order valence-electron chi connectivity index (χ3n) is 5.08. The molecule has 1 unspecified atom stereocenters. The highest BCUT2D eigenvalue weighted by Crippen LogP contribution is 2.32. The fraction of sp³-hybridized carbons (Fsp3) is 0.600. The average Bonchev–Trinajstić information content (AvgIpc) is 3.12. The van der Waals surface area contributed by atoms with Crippen LogP contribution in [0.1, 0.15) is 44.7 Å². The Bertz CT molecular complexity index is 722. The third-order valence-corrected chi connectivity index (χ3v) is 5.08. The Hall–Kier alpha value is -1.52. The van der Waals surface area contributed by atoms with Crippen LogP contribution in [0, 0.1) is 0 Å². The number of carbonyl (C=O) groups excluding carboxylic acids is 1. The van der Waals surface area contributed by atoms with E-state index in [0.717, 1.165) is 19.0 Å². The van der Waals surface area contributed by atoms with Crippen molar-refractivity contribution in [3.63, 3.8) is 0 Å². The van der Waals surface area contributed by atoms with Crippen molar-refractivity contribution in [1.29, 1.82) is 0 Å². The first-order chi connectivity index (χ1) is 13.1. The Kier molecular flexibility index (Phi) is 9.23. The third kappa shape index (κ3) is 7.04. The Balaban J connectivity index is 0.00000420. The number of hydrogen-bond acceptors (Lipinski definition) is 2. The number of carbonyl (C=O) groups is 1. The topological polar surface area (TPSA) is 56.7 Å². The second-order valence-electron chi connectivity index (χ2n) is 7.71. The number of rotatable bonds is 5. The van der Waals surface area contributed by atoms with Gasteiger partial charge in [-0.2, -0.15) is 13.2 Å². The second-order valence-corrected chi connectivity index (χ2v) is 7.71. The smallest absolute Gasteiger partial charge is 0.356 e. The molecule has 0 spiro atoms. The van der Waals surface area contributed by atoms with E-state index in [1.807, 2.05) is 25.7 Å². The number of halogens is 4. The molecule has 1 aliphatic heterocycles.